The van der Waals surface area contributed by atoms with Gasteiger partial charge in [0.05, 0.1) is 5.92 Å². The largest absolute Gasteiger partial charge is 0.426 e. The monoisotopic (exact) mass is 427 g/mol. The van der Waals surface area contributed by atoms with Gasteiger partial charge in [-0.1, -0.05) is 75.4 Å². The van der Waals surface area contributed by atoms with Crippen molar-refractivity contribution in [2.45, 2.75) is 39.0 Å². The first kappa shape index (κ1) is 21.8. The van der Waals surface area contributed by atoms with E-state index < -0.39 is 5.92 Å². The topological polar surface area (TPSA) is 46.6 Å². The number of esters is 1. The van der Waals surface area contributed by atoms with Gasteiger partial charge in [-0.05, 0) is 47.4 Å². The Hall–Kier alpha value is -3.40. The maximum Gasteiger partial charge on any atom is 0.316 e. The molecule has 3 aromatic carbocycles. The fourth-order valence-electron chi connectivity index (χ4n) is 4.19. The van der Waals surface area contributed by atoms with Crippen LogP contribution in [-0.4, -0.2) is 18.4 Å². The Morgan fingerprint density at radius 1 is 0.938 bits per heavy atom. The van der Waals surface area contributed by atoms with Crippen molar-refractivity contribution in [2.75, 3.05) is 11.4 Å². The number of ether oxygens (including phenoxy) is 1. The van der Waals surface area contributed by atoms with E-state index >= 15 is 0 Å². The third-order valence-electron chi connectivity index (χ3n) is 6.40. The average molecular weight is 428 g/mol. The van der Waals surface area contributed by atoms with E-state index in [0.717, 1.165) is 17.7 Å². The lowest BCUT2D eigenvalue weighted by Crippen LogP contribution is -2.27. The van der Waals surface area contributed by atoms with E-state index in [1.807, 2.05) is 66.7 Å². The number of anilines is 1. The molecule has 0 aliphatic carbocycles. The van der Waals surface area contributed by atoms with Gasteiger partial charge in [-0.25, -0.2) is 0 Å². The molecule has 0 bridgehead atoms. The van der Waals surface area contributed by atoms with Gasteiger partial charge in [-0.2, -0.15) is 0 Å². The Balaban J connectivity index is 1.41. The summed E-state index contributed by atoms with van der Waals surface area (Å²) in [6.45, 7) is 6.80. The summed E-state index contributed by atoms with van der Waals surface area (Å²) in [5.74, 6) is -0.369. The Labute approximate surface area is 189 Å². The summed E-state index contributed by atoms with van der Waals surface area (Å²) >= 11 is 0. The molecule has 1 aliphatic heterocycles. The Bertz CT molecular complexity index is 1090. The van der Waals surface area contributed by atoms with E-state index in [9.17, 15) is 9.59 Å². The van der Waals surface area contributed by atoms with Crippen LogP contribution in [0.25, 0.3) is 0 Å². The number of benzene rings is 3. The number of hydrogen-bond donors (Lipinski definition) is 0. The van der Waals surface area contributed by atoms with Gasteiger partial charge in [0.1, 0.15) is 5.75 Å². The number of aryl methyl sites for hydroxylation is 1. The zero-order valence-corrected chi connectivity index (χ0v) is 18.9. The van der Waals surface area contributed by atoms with E-state index in [1.54, 1.807) is 4.90 Å². The van der Waals surface area contributed by atoms with E-state index in [4.69, 9.17) is 4.74 Å². The van der Waals surface area contributed by atoms with Crippen LogP contribution in [0.5, 0.6) is 5.75 Å². The zero-order valence-electron chi connectivity index (χ0n) is 18.9. The number of carbonyl (C=O) groups is 2. The summed E-state index contributed by atoms with van der Waals surface area (Å²) in [5.41, 5.74) is 4.25. The molecule has 1 saturated heterocycles. The van der Waals surface area contributed by atoms with Gasteiger partial charge in [-0.3, -0.25) is 9.59 Å². The van der Waals surface area contributed by atoms with Crippen molar-refractivity contribution in [2.24, 2.45) is 5.92 Å². The number of amides is 1. The molecule has 0 aromatic heterocycles. The summed E-state index contributed by atoms with van der Waals surface area (Å²) in [6.07, 6.45) is 1.12. The van der Waals surface area contributed by atoms with Gasteiger partial charge in [0.15, 0.2) is 0 Å². The van der Waals surface area contributed by atoms with Gasteiger partial charge in [0.25, 0.3) is 0 Å². The molecule has 1 atom stereocenters. The van der Waals surface area contributed by atoms with Crippen LogP contribution in [0.15, 0.2) is 78.9 Å². The second-order valence-electron chi connectivity index (χ2n) is 8.86. The predicted molar refractivity (Wildman–Crippen MR) is 127 cm³/mol. The normalized spacial score (nSPS) is 16.3. The standard InChI is InChI=1S/C28H29NO3/c1-4-20-10-14-24(15-11-20)29-19-21(18-26(29)30)27(31)32-25-16-12-23(13-17-25)28(2,3)22-8-6-5-7-9-22/h5-17,21H,4,18-19H2,1-3H3/t21-/m1/s1. The van der Waals surface area contributed by atoms with Gasteiger partial charge >= 0.3 is 5.97 Å². The van der Waals surface area contributed by atoms with Crippen molar-refractivity contribution in [3.05, 3.63) is 95.6 Å². The lowest BCUT2D eigenvalue weighted by atomic mass is 9.78. The smallest absolute Gasteiger partial charge is 0.316 e. The van der Waals surface area contributed by atoms with E-state index in [-0.39, 0.29) is 23.7 Å². The number of nitrogens with zero attached hydrogens (tertiary/aromatic N) is 1. The molecular formula is C28H29NO3. The summed E-state index contributed by atoms with van der Waals surface area (Å²) in [5, 5.41) is 0. The molecule has 3 aromatic rings. The number of rotatable bonds is 6. The Morgan fingerprint density at radius 2 is 1.56 bits per heavy atom. The van der Waals surface area contributed by atoms with Gasteiger partial charge in [-0.15, -0.1) is 0 Å². The highest BCUT2D eigenvalue weighted by Gasteiger charge is 2.36. The minimum absolute atomic E-state index is 0.0452. The first-order valence-corrected chi connectivity index (χ1v) is 11.2. The number of carbonyl (C=O) groups excluding carboxylic acids is 2. The fraction of sp³-hybridized carbons (Fsp3) is 0.286. The Morgan fingerprint density at radius 3 is 2.19 bits per heavy atom. The summed E-state index contributed by atoms with van der Waals surface area (Å²) < 4.78 is 5.62. The van der Waals surface area contributed by atoms with Crippen LogP contribution in [0.3, 0.4) is 0 Å². The first-order valence-electron chi connectivity index (χ1n) is 11.2. The van der Waals surface area contributed by atoms with Gasteiger partial charge < -0.3 is 9.64 Å². The predicted octanol–water partition coefficient (Wildman–Crippen LogP) is 5.53. The maximum atomic E-state index is 12.7. The van der Waals surface area contributed by atoms with Crippen LogP contribution in [-0.2, 0) is 21.4 Å². The molecule has 0 unspecified atom stereocenters. The van der Waals surface area contributed by atoms with Crippen LogP contribution >= 0.6 is 0 Å². The number of hydrogen-bond acceptors (Lipinski definition) is 3. The molecule has 1 amide bonds. The highest BCUT2D eigenvalue weighted by molar-refractivity contribution is 5.99. The van der Waals surface area contributed by atoms with Crippen LogP contribution in [0.4, 0.5) is 5.69 Å². The zero-order chi connectivity index (χ0) is 22.7. The fourth-order valence-corrected chi connectivity index (χ4v) is 4.19. The second-order valence-corrected chi connectivity index (χ2v) is 8.86. The minimum Gasteiger partial charge on any atom is -0.426 e. The molecule has 164 valence electrons. The third kappa shape index (κ3) is 4.45. The quantitative estimate of drug-likeness (QED) is 0.384. The van der Waals surface area contributed by atoms with Crippen molar-refractivity contribution in [3.8, 4) is 5.75 Å². The lowest BCUT2D eigenvalue weighted by molar-refractivity contribution is -0.139. The average Bonchev–Trinajstić information content (AvgIpc) is 3.22. The third-order valence-corrected chi connectivity index (χ3v) is 6.40. The molecule has 4 rings (SSSR count). The van der Waals surface area contributed by atoms with Crippen molar-refractivity contribution >= 4 is 17.6 Å². The molecule has 0 spiro atoms. The van der Waals surface area contributed by atoms with Crippen LogP contribution < -0.4 is 9.64 Å². The first-order chi connectivity index (χ1) is 15.4. The van der Waals surface area contributed by atoms with Gasteiger partial charge in [0.2, 0.25) is 5.91 Å². The molecule has 1 fully saturated rings. The van der Waals surface area contributed by atoms with Crippen LogP contribution in [0.1, 0.15) is 43.9 Å². The van der Waals surface area contributed by atoms with Gasteiger partial charge in [0, 0.05) is 24.1 Å². The van der Waals surface area contributed by atoms with Crippen LogP contribution in [0.2, 0.25) is 0 Å². The van der Waals surface area contributed by atoms with Crippen molar-refractivity contribution in [1.82, 2.24) is 0 Å². The lowest BCUT2D eigenvalue weighted by Gasteiger charge is -2.26. The Kier molecular flexibility index (Phi) is 6.13. The summed E-state index contributed by atoms with van der Waals surface area (Å²) in [4.78, 5) is 26.9. The molecule has 32 heavy (non-hydrogen) atoms. The molecular weight excluding hydrogens is 398 g/mol. The summed E-state index contributed by atoms with van der Waals surface area (Å²) in [7, 11) is 0. The molecule has 0 saturated carbocycles. The highest BCUT2D eigenvalue weighted by atomic mass is 16.5. The van der Waals surface area contributed by atoms with E-state index in [1.165, 1.54) is 11.1 Å². The molecule has 4 nitrogen and oxygen atoms in total. The minimum atomic E-state index is -0.464. The molecule has 4 heteroatoms. The van der Waals surface area contributed by atoms with Crippen molar-refractivity contribution < 1.29 is 14.3 Å². The molecule has 0 radical (unpaired) electrons. The van der Waals surface area contributed by atoms with Crippen molar-refractivity contribution in [3.63, 3.8) is 0 Å². The van der Waals surface area contributed by atoms with Crippen molar-refractivity contribution in [1.29, 1.82) is 0 Å². The molecule has 1 aliphatic rings. The van der Waals surface area contributed by atoms with E-state index in [0.29, 0.717) is 12.3 Å². The highest BCUT2D eigenvalue weighted by Crippen LogP contribution is 2.33. The SMILES string of the molecule is CCc1ccc(N2C[C@H](C(=O)Oc3ccc(C(C)(C)c4ccccc4)cc3)CC2=O)cc1. The maximum absolute atomic E-state index is 12.7. The molecule has 0 N–H and O–H groups in total. The second kappa shape index (κ2) is 8.99. The van der Waals surface area contributed by atoms with Crippen LogP contribution in [0, 0.1) is 5.92 Å². The van der Waals surface area contributed by atoms with E-state index in [2.05, 4.69) is 32.9 Å². The summed E-state index contributed by atoms with van der Waals surface area (Å²) in [6, 6.07) is 25.9. The molecule has 1 heterocycles.